The fraction of sp³-hybridized carbons (Fsp3) is 0.304. The van der Waals surface area contributed by atoms with Gasteiger partial charge in [0, 0.05) is 33.3 Å². The Kier molecular flexibility index (Phi) is 5.18. The molecule has 2 aliphatic rings. The number of ether oxygens (including phenoxy) is 1. The Bertz CT molecular complexity index is 1210. The van der Waals surface area contributed by atoms with E-state index in [1.165, 1.54) is 0 Å². The lowest BCUT2D eigenvalue weighted by molar-refractivity contribution is -0.118. The number of tetrazole rings is 1. The van der Waals surface area contributed by atoms with Crippen molar-refractivity contribution in [2.45, 2.75) is 39.3 Å². The van der Waals surface area contributed by atoms with Crippen molar-refractivity contribution in [3.8, 4) is 5.75 Å². The van der Waals surface area contributed by atoms with Gasteiger partial charge in [0.15, 0.2) is 5.78 Å². The molecule has 0 radical (unpaired) electrons. The number of anilines is 1. The molecule has 0 amide bonds. The minimum atomic E-state index is -0.382. The summed E-state index contributed by atoms with van der Waals surface area (Å²) in [6, 6.07) is 12.6. The van der Waals surface area contributed by atoms with Crippen molar-refractivity contribution in [1.82, 2.24) is 20.2 Å². The van der Waals surface area contributed by atoms with Crippen LogP contribution in [0.25, 0.3) is 0 Å². The average Bonchev–Trinajstić information content (AvgIpc) is 3.19. The number of halogens is 2. The molecule has 1 aliphatic heterocycles. The molecule has 9 heteroatoms. The molecule has 3 aromatic rings. The maximum atomic E-state index is 13.1. The lowest BCUT2D eigenvalue weighted by Gasteiger charge is -2.37. The Morgan fingerprint density at radius 1 is 1.12 bits per heavy atom. The fourth-order valence-electron chi connectivity index (χ4n) is 4.35. The molecule has 0 fully saturated rings. The lowest BCUT2D eigenvalue weighted by Crippen LogP contribution is -2.36. The van der Waals surface area contributed by atoms with Crippen LogP contribution in [-0.4, -0.2) is 26.0 Å². The van der Waals surface area contributed by atoms with Crippen molar-refractivity contribution < 1.29 is 9.53 Å². The third kappa shape index (κ3) is 3.76. The number of nitrogens with zero attached hydrogens (tertiary/aromatic N) is 4. The van der Waals surface area contributed by atoms with E-state index in [2.05, 4.69) is 34.7 Å². The van der Waals surface area contributed by atoms with E-state index in [1.807, 2.05) is 24.3 Å². The van der Waals surface area contributed by atoms with E-state index in [1.54, 1.807) is 22.9 Å². The number of hydrogen-bond acceptors (Lipinski definition) is 6. The van der Waals surface area contributed by atoms with Crippen molar-refractivity contribution in [3.05, 3.63) is 74.9 Å². The summed E-state index contributed by atoms with van der Waals surface area (Å²) >= 11 is 12.5. The van der Waals surface area contributed by atoms with Crippen LogP contribution in [0.5, 0.6) is 5.75 Å². The number of benzene rings is 2. The number of carbonyl (C=O) groups is 1. The summed E-state index contributed by atoms with van der Waals surface area (Å²) in [5, 5.41) is 16.4. The third-order valence-corrected chi connectivity index (χ3v) is 6.54. The molecule has 1 aliphatic carbocycles. The molecule has 1 atom stereocenters. The van der Waals surface area contributed by atoms with Crippen molar-refractivity contribution in [3.63, 3.8) is 0 Å². The molecule has 0 spiro atoms. The minimum Gasteiger partial charge on any atom is -0.489 e. The van der Waals surface area contributed by atoms with E-state index in [-0.39, 0.29) is 23.8 Å². The van der Waals surface area contributed by atoms with Crippen LogP contribution in [0.15, 0.2) is 53.7 Å². The number of fused-ring (bicyclic) bond motifs is 1. The molecular formula is C23H21Cl2N5O2. The second-order valence-corrected chi connectivity index (χ2v) is 9.68. The van der Waals surface area contributed by atoms with Gasteiger partial charge in [0.2, 0.25) is 5.95 Å². The van der Waals surface area contributed by atoms with Crippen molar-refractivity contribution >= 4 is 34.9 Å². The molecular weight excluding hydrogens is 449 g/mol. The fourth-order valence-corrected chi connectivity index (χ4v) is 4.86. The summed E-state index contributed by atoms with van der Waals surface area (Å²) in [4.78, 5) is 13.1. The highest BCUT2D eigenvalue weighted by Gasteiger charge is 2.41. The molecule has 0 saturated carbocycles. The molecule has 5 rings (SSSR count). The number of aromatic nitrogens is 4. The normalized spacial score (nSPS) is 19.2. The molecule has 1 unspecified atom stereocenters. The van der Waals surface area contributed by atoms with Gasteiger partial charge in [0.05, 0.1) is 0 Å². The van der Waals surface area contributed by atoms with Gasteiger partial charge in [-0.3, -0.25) is 4.79 Å². The minimum absolute atomic E-state index is 0.110. The van der Waals surface area contributed by atoms with E-state index in [9.17, 15) is 4.79 Å². The van der Waals surface area contributed by atoms with E-state index in [4.69, 9.17) is 27.9 Å². The molecule has 164 valence electrons. The molecule has 1 aromatic heterocycles. The highest BCUT2D eigenvalue weighted by atomic mass is 35.5. The van der Waals surface area contributed by atoms with Crippen LogP contribution < -0.4 is 10.1 Å². The summed E-state index contributed by atoms with van der Waals surface area (Å²) in [6.45, 7) is 4.45. The summed E-state index contributed by atoms with van der Waals surface area (Å²) < 4.78 is 7.56. The highest BCUT2D eigenvalue weighted by Crippen LogP contribution is 2.45. The molecule has 7 nitrogen and oxygen atoms in total. The maximum Gasteiger partial charge on any atom is 0.248 e. The summed E-state index contributed by atoms with van der Waals surface area (Å²) in [7, 11) is 0. The first-order valence-electron chi connectivity index (χ1n) is 10.3. The van der Waals surface area contributed by atoms with Crippen LogP contribution in [-0.2, 0) is 11.4 Å². The molecule has 0 saturated heterocycles. The molecule has 0 bridgehead atoms. The van der Waals surface area contributed by atoms with Crippen LogP contribution in [0.4, 0.5) is 5.95 Å². The largest absolute Gasteiger partial charge is 0.489 e. The summed E-state index contributed by atoms with van der Waals surface area (Å²) in [6.07, 6.45) is 1.25. The highest BCUT2D eigenvalue weighted by molar-refractivity contribution is 6.35. The Labute approximate surface area is 195 Å². The monoisotopic (exact) mass is 469 g/mol. The van der Waals surface area contributed by atoms with Gasteiger partial charge in [0.25, 0.3) is 0 Å². The number of nitrogens with one attached hydrogen (secondary N) is 1. The smallest absolute Gasteiger partial charge is 0.248 e. The molecule has 32 heavy (non-hydrogen) atoms. The maximum absolute atomic E-state index is 13.1. The molecule has 2 heterocycles. The standard InChI is InChI=1S/C23H21Cl2N5O2/c1-23(2)10-18-20(19(31)11-23)21(30-22(26-18)27-28-29-30)13-6-8-14(9-7-13)32-12-15-16(24)4-3-5-17(15)25/h3-9,21H,10-12H2,1-2H3,(H,26,27,29). The lowest BCUT2D eigenvalue weighted by atomic mass is 9.73. The van der Waals surface area contributed by atoms with Crippen molar-refractivity contribution in [2.75, 3.05) is 5.32 Å². The predicted octanol–water partition coefficient (Wildman–Crippen LogP) is 5.22. The molecule has 2 aromatic carbocycles. The Morgan fingerprint density at radius 3 is 2.56 bits per heavy atom. The summed E-state index contributed by atoms with van der Waals surface area (Å²) in [5.41, 5.74) is 3.15. The number of Topliss-reactive ketones (excluding diaryl/α,β-unsaturated/α-hetero) is 1. The Balaban J connectivity index is 1.44. The van der Waals surface area contributed by atoms with Crippen molar-refractivity contribution in [1.29, 1.82) is 0 Å². The van der Waals surface area contributed by atoms with E-state index in [0.717, 1.165) is 28.8 Å². The quantitative estimate of drug-likeness (QED) is 0.563. The average molecular weight is 470 g/mol. The van der Waals surface area contributed by atoms with Crippen LogP contribution in [0.3, 0.4) is 0 Å². The van der Waals surface area contributed by atoms with Gasteiger partial charge < -0.3 is 10.1 Å². The van der Waals surface area contributed by atoms with Crippen LogP contribution in [0.2, 0.25) is 10.0 Å². The predicted molar refractivity (Wildman–Crippen MR) is 122 cm³/mol. The number of allylic oxidation sites excluding steroid dienone is 2. The van der Waals surface area contributed by atoms with Gasteiger partial charge in [-0.05, 0) is 52.1 Å². The van der Waals surface area contributed by atoms with Gasteiger partial charge in [-0.15, -0.1) is 0 Å². The van der Waals surface area contributed by atoms with Gasteiger partial charge in [0.1, 0.15) is 18.4 Å². The number of hydrogen-bond donors (Lipinski definition) is 1. The number of rotatable bonds is 4. The van der Waals surface area contributed by atoms with E-state index >= 15 is 0 Å². The van der Waals surface area contributed by atoms with Crippen LogP contribution >= 0.6 is 23.2 Å². The zero-order valence-electron chi connectivity index (χ0n) is 17.6. The molecule has 1 N–H and O–H groups in total. The van der Waals surface area contributed by atoms with E-state index < -0.39 is 0 Å². The topological polar surface area (TPSA) is 81.9 Å². The second kappa shape index (κ2) is 7.90. The first-order valence-corrected chi connectivity index (χ1v) is 11.0. The van der Waals surface area contributed by atoms with Gasteiger partial charge in [-0.25, -0.2) is 0 Å². The van der Waals surface area contributed by atoms with Gasteiger partial charge >= 0.3 is 0 Å². The van der Waals surface area contributed by atoms with E-state index in [0.29, 0.717) is 28.2 Å². The Morgan fingerprint density at radius 2 is 1.84 bits per heavy atom. The first-order chi connectivity index (χ1) is 15.3. The number of ketones is 1. The third-order valence-electron chi connectivity index (χ3n) is 5.83. The summed E-state index contributed by atoms with van der Waals surface area (Å²) in [5.74, 6) is 1.32. The number of carbonyl (C=O) groups excluding carboxylic acids is 1. The van der Waals surface area contributed by atoms with Crippen LogP contribution in [0, 0.1) is 5.41 Å². The van der Waals surface area contributed by atoms with Gasteiger partial charge in [-0.1, -0.05) is 60.3 Å². The second-order valence-electron chi connectivity index (χ2n) is 8.87. The van der Waals surface area contributed by atoms with Crippen LogP contribution in [0.1, 0.15) is 43.9 Å². The SMILES string of the molecule is CC1(C)CC(=O)C2=C(C1)Nc1nnnn1C2c1ccc(OCc2c(Cl)cccc2Cl)cc1. The zero-order chi connectivity index (χ0) is 22.5. The Hall–Kier alpha value is -2.90. The zero-order valence-corrected chi connectivity index (χ0v) is 19.1. The first kappa shape index (κ1) is 21.0. The van der Waals surface area contributed by atoms with Gasteiger partial charge in [-0.2, -0.15) is 4.68 Å². The van der Waals surface area contributed by atoms with Crippen molar-refractivity contribution in [2.24, 2.45) is 5.41 Å².